The molecule has 7 nitrogen and oxygen atoms in total. The Morgan fingerprint density at radius 3 is 2.32 bits per heavy atom. The van der Waals surface area contributed by atoms with Gasteiger partial charge in [-0.3, -0.25) is 9.69 Å². The second kappa shape index (κ2) is 12.0. The van der Waals surface area contributed by atoms with Crippen molar-refractivity contribution in [1.82, 2.24) is 30.1 Å². The topological polar surface area (TPSA) is 79.7 Å². The van der Waals surface area contributed by atoms with Crippen molar-refractivity contribution in [2.45, 2.75) is 58.8 Å². The second-order valence-corrected chi connectivity index (χ2v) is 9.71. The maximum atomic E-state index is 13.2. The van der Waals surface area contributed by atoms with Crippen LogP contribution in [0.5, 0.6) is 0 Å². The van der Waals surface area contributed by atoms with E-state index in [1.54, 1.807) is 0 Å². The minimum absolute atomic E-state index is 0.0571. The van der Waals surface area contributed by atoms with E-state index in [2.05, 4.69) is 87.8 Å². The first kappa shape index (κ1) is 25.5. The van der Waals surface area contributed by atoms with Gasteiger partial charge in [0.25, 0.3) is 5.56 Å². The van der Waals surface area contributed by atoms with E-state index in [-0.39, 0.29) is 11.6 Å². The third-order valence-corrected chi connectivity index (χ3v) is 7.14. The number of nitrogens with zero attached hydrogens (tertiary/aromatic N) is 5. The molecule has 1 atom stereocenters. The molecule has 3 aromatic carbocycles. The maximum absolute atomic E-state index is 13.2. The molecule has 0 aliphatic rings. The van der Waals surface area contributed by atoms with Crippen LogP contribution in [0.15, 0.2) is 89.7 Å². The van der Waals surface area contributed by atoms with Crippen molar-refractivity contribution in [1.29, 1.82) is 0 Å². The van der Waals surface area contributed by atoms with Crippen molar-refractivity contribution in [3.05, 3.63) is 123 Å². The van der Waals surface area contributed by atoms with Gasteiger partial charge in [-0.1, -0.05) is 80.6 Å². The first-order valence-corrected chi connectivity index (χ1v) is 13.4. The summed E-state index contributed by atoms with van der Waals surface area (Å²) in [5.74, 6) is 0.824. The Labute approximate surface area is 223 Å². The molecule has 0 saturated carbocycles. The number of benzene rings is 3. The third kappa shape index (κ3) is 5.89. The number of fused-ring (bicyclic) bond motifs is 1. The quantitative estimate of drug-likeness (QED) is 0.257. The average molecular weight is 507 g/mol. The highest BCUT2D eigenvalue weighted by Gasteiger charge is 2.26. The van der Waals surface area contributed by atoms with Crippen LogP contribution in [0, 0.1) is 0 Å². The number of aromatic amines is 1. The van der Waals surface area contributed by atoms with Gasteiger partial charge in [-0.05, 0) is 70.0 Å². The van der Waals surface area contributed by atoms with Crippen LogP contribution in [0.2, 0.25) is 0 Å². The molecule has 0 radical (unpaired) electrons. The highest BCUT2D eigenvalue weighted by atomic mass is 16.1. The molecule has 2 heterocycles. The zero-order valence-corrected chi connectivity index (χ0v) is 22.0. The van der Waals surface area contributed by atoms with E-state index in [1.165, 1.54) is 16.7 Å². The summed E-state index contributed by atoms with van der Waals surface area (Å²) >= 11 is 0. The van der Waals surface area contributed by atoms with Gasteiger partial charge < -0.3 is 4.98 Å². The van der Waals surface area contributed by atoms with E-state index in [1.807, 2.05) is 41.1 Å². The molecular weight excluding hydrogens is 472 g/mol. The fraction of sp³-hybridized carbons (Fsp3) is 0.290. The molecule has 194 valence electrons. The predicted octanol–water partition coefficient (Wildman–Crippen LogP) is 5.47. The number of aromatic nitrogens is 5. The Bertz CT molecular complexity index is 1530. The largest absolute Gasteiger partial charge is 0.322 e. The number of rotatable bonds is 11. The molecule has 5 aromatic rings. The minimum atomic E-state index is -0.0574. The summed E-state index contributed by atoms with van der Waals surface area (Å²) in [7, 11) is 0. The molecule has 7 heteroatoms. The Hall–Kier alpha value is -4.10. The van der Waals surface area contributed by atoms with E-state index >= 15 is 0 Å². The van der Waals surface area contributed by atoms with Crippen molar-refractivity contribution < 1.29 is 0 Å². The molecule has 0 saturated heterocycles. The van der Waals surface area contributed by atoms with Crippen LogP contribution in [-0.4, -0.2) is 30.1 Å². The van der Waals surface area contributed by atoms with Crippen molar-refractivity contribution in [3.8, 4) is 0 Å². The van der Waals surface area contributed by atoms with Crippen LogP contribution in [-0.2, 0) is 32.5 Å². The Kier molecular flexibility index (Phi) is 8.04. The molecule has 0 amide bonds. The van der Waals surface area contributed by atoms with Gasteiger partial charge in [-0.25, -0.2) is 4.68 Å². The van der Waals surface area contributed by atoms with Gasteiger partial charge in [0.15, 0.2) is 5.82 Å². The highest BCUT2D eigenvalue weighted by Crippen LogP contribution is 2.27. The number of aryl methyl sites for hydroxylation is 3. The number of tetrazole rings is 1. The van der Waals surface area contributed by atoms with E-state index in [9.17, 15) is 4.79 Å². The second-order valence-electron chi connectivity index (χ2n) is 9.71. The number of hydrogen-bond acceptors (Lipinski definition) is 5. The molecule has 1 unspecified atom stereocenters. The summed E-state index contributed by atoms with van der Waals surface area (Å²) in [5, 5.41) is 13.9. The lowest BCUT2D eigenvalue weighted by Crippen LogP contribution is -2.32. The molecule has 0 spiro atoms. The Morgan fingerprint density at radius 2 is 1.61 bits per heavy atom. The van der Waals surface area contributed by atoms with Crippen LogP contribution in [0.3, 0.4) is 0 Å². The van der Waals surface area contributed by atoms with E-state index in [0.29, 0.717) is 19.6 Å². The fourth-order valence-corrected chi connectivity index (χ4v) is 5.04. The summed E-state index contributed by atoms with van der Waals surface area (Å²) in [4.78, 5) is 18.6. The van der Waals surface area contributed by atoms with Crippen molar-refractivity contribution >= 4 is 10.9 Å². The van der Waals surface area contributed by atoms with Gasteiger partial charge in [0.1, 0.15) is 0 Å². The number of hydrogen-bond donors (Lipinski definition) is 1. The van der Waals surface area contributed by atoms with E-state index < -0.39 is 0 Å². The van der Waals surface area contributed by atoms with Gasteiger partial charge in [0.2, 0.25) is 0 Å². The third-order valence-electron chi connectivity index (χ3n) is 7.14. The molecule has 5 rings (SSSR count). The van der Waals surface area contributed by atoms with E-state index in [0.717, 1.165) is 41.6 Å². The van der Waals surface area contributed by atoms with Crippen LogP contribution in [0.1, 0.15) is 54.4 Å². The summed E-state index contributed by atoms with van der Waals surface area (Å²) in [6.07, 6.45) is 2.61. The number of pyridine rings is 1. The predicted molar refractivity (Wildman–Crippen MR) is 151 cm³/mol. The first-order valence-electron chi connectivity index (χ1n) is 13.4. The Morgan fingerprint density at radius 1 is 0.868 bits per heavy atom. The van der Waals surface area contributed by atoms with Crippen molar-refractivity contribution in [3.63, 3.8) is 0 Å². The van der Waals surface area contributed by atoms with Crippen LogP contribution in [0.25, 0.3) is 10.9 Å². The minimum Gasteiger partial charge on any atom is -0.322 e. The lowest BCUT2D eigenvalue weighted by Gasteiger charge is -2.30. The standard InChI is InChI=1S/C31H34N6O/c1-3-23-15-16-28-26(19-23)20-27(31(38)32-28)22-36(21-25-13-9-6-10-14-25)29(4-2)30-33-34-35-37(30)18-17-24-11-7-5-8-12-24/h5-16,19-20,29H,3-4,17-18,21-22H2,1-2H3,(H,32,38). The molecule has 0 bridgehead atoms. The lowest BCUT2D eigenvalue weighted by molar-refractivity contribution is 0.160. The molecule has 0 fully saturated rings. The molecule has 38 heavy (non-hydrogen) atoms. The average Bonchev–Trinajstić information content (AvgIpc) is 3.41. The van der Waals surface area contributed by atoms with Gasteiger partial charge in [0.05, 0.1) is 6.04 Å². The van der Waals surface area contributed by atoms with Crippen LogP contribution >= 0.6 is 0 Å². The normalized spacial score (nSPS) is 12.3. The monoisotopic (exact) mass is 506 g/mol. The van der Waals surface area contributed by atoms with Gasteiger partial charge >= 0.3 is 0 Å². The Balaban J connectivity index is 1.48. The number of nitrogens with one attached hydrogen (secondary N) is 1. The first-order chi connectivity index (χ1) is 18.6. The van der Waals surface area contributed by atoms with Gasteiger partial charge in [-0.2, -0.15) is 0 Å². The zero-order chi connectivity index (χ0) is 26.3. The fourth-order valence-electron chi connectivity index (χ4n) is 5.04. The molecule has 0 aliphatic heterocycles. The van der Waals surface area contributed by atoms with Gasteiger partial charge in [-0.15, -0.1) is 5.10 Å². The number of H-pyrrole nitrogens is 1. The zero-order valence-electron chi connectivity index (χ0n) is 22.0. The molecule has 1 N–H and O–H groups in total. The van der Waals surface area contributed by atoms with Crippen LogP contribution in [0.4, 0.5) is 0 Å². The van der Waals surface area contributed by atoms with Crippen molar-refractivity contribution in [2.75, 3.05) is 0 Å². The SMILES string of the molecule is CCc1ccc2[nH]c(=O)c(CN(Cc3ccccc3)C(CC)c3nnnn3CCc3ccccc3)cc2c1. The molecule has 2 aromatic heterocycles. The van der Waals surface area contributed by atoms with E-state index in [4.69, 9.17) is 0 Å². The summed E-state index contributed by atoms with van der Waals surface area (Å²) in [6.45, 7) is 6.15. The summed E-state index contributed by atoms with van der Waals surface area (Å²) in [5.41, 5.74) is 5.22. The maximum Gasteiger partial charge on any atom is 0.252 e. The van der Waals surface area contributed by atoms with Crippen molar-refractivity contribution in [2.24, 2.45) is 0 Å². The smallest absolute Gasteiger partial charge is 0.252 e. The highest BCUT2D eigenvalue weighted by molar-refractivity contribution is 5.79. The molecule has 0 aliphatic carbocycles. The van der Waals surface area contributed by atoms with Gasteiger partial charge in [0, 0.05) is 30.7 Å². The summed E-state index contributed by atoms with van der Waals surface area (Å²) in [6, 6.07) is 29.0. The summed E-state index contributed by atoms with van der Waals surface area (Å²) < 4.78 is 1.91. The lowest BCUT2D eigenvalue weighted by atomic mass is 10.1. The van der Waals surface area contributed by atoms with Crippen LogP contribution < -0.4 is 5.56 Å². The molecular formula is C31H34N6O.